The zero-order valence-corrected chi connectivity index (χ0v) is 20.3. The third-order valence-electron chi connectivity index (χ3n) is 5.37. The summed E-state index contributed by atoms with van der Waals surface area (Å²) in [5.74, 6) is 0.183. The van der Waals surface area contributed by atoms with Gasteiger partial charge in [-0.05, 0) is 37.3 Å². The number of rotatable bonds is 7. The number of methoxy groups -OCH3 is 2. The number of carbonyl (C=O) groups excluding carboxylic acids is 2. The first-order chi connectivity index (χ1) is 17.4. The lowest BCUT2D eigenvalue weighted by atomic mass is 10.1. The number of anilines is 1. The van der Waals surface area contributed by atoms with Crippen molar-refractivity contribution in [1.82, 2.24) is 4.98 Å². The fourth-order valence-electron chi connectivity index (χ4n) is 3.54. The normalized spacial score (nSPS) is 11.3. The number of nitrogens with zero attached hydrogens (tertiary/aromatic N) is 2. The Morgan fingerprint density at radius 2 is 1.83 bits per heavy atom. The van der Waals surface area contributed by atoms with E-state index in [1.165, 1.54) is 14.0 Å². The van der Waals surface area contributed by atoms with Crippen LogP contribution in [0.5, 0.6) is 11.5 Å². The molecule has 0 saturated carbocycles. The van der Waals surface area contributed by atoms with Crippen LogP contribution in [0.25, 0.3) is 11.0 Å². The number of hydrogen-bond acceptors (Lipinski definition) is 8. The number of aryl methyl sites for hydroxylation is 1. The first-order valence-electron chi connectivity index (χ1n) is 11.1. The molecule has 2 aromatic carbocycles. The number of para-hydroxylation sites is 1. The van der Waals surface area contributed by atoms with Crippen molar-refractivity contribution >= 4 is 34.2 Å². The Kier molecular flexibility index (Phi) is 7.29. The molecule has 9 nitrogen and oxygen atoms in total. The topological polar surface area (TPSA) is 112 Å². The maximum Gasteiger partial charge on any atom is 0.302 e. The highest BCUT2D eigenvalue weighted by Gasteiger charge is 2.18. The summed E-state index contributed by atoms with van der Waals surface area (Å²) in [5.41, 5.74) is 2.90. The molecule has 1 amide bonds. The second-order valence-corrected chi connectivity index (χ2v) is 7.83. The summed E-state index contributed by atoms with van der Waals surface area (Å²) in [5, 5.41) is 3.45. The summed E-state index contributed by atoms with van der Waals surface area (Å²) in [6, 6.07) is 15.8. The van der Waals surface area contributed by atoms with Crippen LogP contribution in [0.1, 0.15) is 28.5 Å². The molecule has 2 aromatic heterocycles. The Balaban J connectivity index is 1.94. The van der Waals surface area contributed by atoms with Gasteiger partial charge in [-0.1, -0.05) is 18.2 Å². The Hall–Kier alpha value is -4.66. The summed E-state index contributed by atoms with van der Waals surface area (Å²) < 4.78 is 22.1. The molecule has 0 fully saturated rings. The molecule has 4 aromatic rings. The van der Waals surface area contributed by atoms with Gasteiger partial charge >= 0.3 is 5.97 Å². The predicted octanol–water partition coefficient (Wildman–Crippen LogP) is 4.70. The van der Waals surface area contributed by atoms with Gasteiger partial charge in [0.1, 0.15) is 29.4 Å². The molecule has 1 N–H and O–H groups in total. The summed E-state index contributed by atoms with van der Waals surface area (Å²) >= 11 is 0. The zero-order valence-electron chi connectivity index (χ0n) is 20.3. The van der Waals surface area contributed by atoms with Crippen molar-refractivity contribution in [3.05, 3.63) is 83.2 Å². The van der Waals surface area contributed by atoms with Gasteiger partial charge in [0.2, 0.25) is 5.55 Å². The lowest BCUT2D eigenvalue weighted by Crippen LogP contribution is -2.22. The molecule has 0 radical (unpaired) electrons. The van der Waals surface area contributed by atoms with E-state index in [9.17, 15) is 9.59 Å². The van der Waals surface area contributed by atoms with E-state index < -0.39 is 11.9 Å². The fourth-order valence-corrected chi connectivity index (χ4v) is 3.54. The van der Waals surface area contributed by atoms with Crippen LogP contribution in [0, 0.1) is 6.92 Å². The molecule has 0 aliphatic heterocycles. The quantitative estimate of drug-likeness (QED) is 0.376. The van der Waals surface area contributed by atoms with E-state index in [0.29, 0.717) is 45.1 Å². The minimum atomic E-state index is -0.430. The number of amides is 1. The average molecular weight is 488 g/mol. The second kappa shape index (κ2) is 10.7. The number of nitrogens with one attached hydrogen (secondary N) is 1. The Morgan fingerprint density at radius 3 is 2.53 bits per heavy atom. The van der Waals surface area contributed by atoms with Gasteiger partial charge in [0, 0.05) is 35.8 Å². The van der Waals surface area contributed by atoms with Gasteiger partial charge < -0.3 is 23.9 Å². The van der Waals surface area contributed by atoms with Crippen molar-refractivity contribution in [3.63, 3.8) is 0 Å². The predicted molar refractivity (Wildman–Crippen MR) is 133 cm³/mol. The summed E-state index contributed by atoms with van der Waals surface area (Å²) in [6.45, 7) is 3.09. The lowest BCUT2D eigenvalue weighted by Gasteiger charge is -2.11. The largest absolute Gasteiger partial charge is 0.497 e. The fraction of sp³-hybridized carbons (Fsp3) is 0.185. The van der Waals surface area contributed by atoms with Crippen molar-refractivity contribution in [1.29, 1.82) is 0 Å². The molecule has 2 heterocycles. The molecule has 4 rings (SSSR count). The number of pyridine rings is 1. The zero-order chi connectivity index (χ0) is 25.7. The van der Waals surface area contributed by atoms with E-state index in [1.807, 2.05) is 18.2 Å². The van der Waals surface area contributed by atoms with Gasteiger partial charge in [0.05, 0.1) is 19.9 Å². The van der Waals surface area contributed by atoms with Crippen molar-refractivity contribution in [2.75, 3.05) is 19.5 Å². The number of esters is 1. The number of aromatic nitrogens is 1. The molecular weight excluding hydrogens is 462 g/mol. The van der Waals surface area contributed by atoms with Crippen LogP contribution in [0.3, 0.4) is 0 Å². The van der Waals surface area contributed by atoms with E-state index >= 15 is 0 Å². The van der Waals surface area contributed by atoms with Crippen molar-refractivity contribution in [2.45, 2.75) is 20.5 Å². The first-order valence-corrected chi connectivity index (χ1v) is 11.1. The second-order valence-electron chi connectivity index (χ2n) is 7.83. The Bertz CT molecular complexity index is 1500. The third-order valence-corrected chi connectivity index (χ3v) is 5.37. The Labute approximate surface area is 207 Å². The van der Waals surface area contributed by atoms with E-state index in [1.54, 1.807) is 56.6 Å². The molecule has 0 aliphatic rings. The minimum absolute atomic E-state index is 0.0167. The van der Waals surface area contributed by atoms with Crippen LogP contribution in [-0.2, 0) is 16.1 Å². The van der Waals surface area contributed by atoms with Gasteiger partial charge in [-0.2, -0.15) is 0 Å². The highest BCUT2D eigenvalue weighted by atomic mass is 16.5. The van der Waals surface area contributed by atoms with Crippen molar-refractivity contribution in [2.24, 2.45) is 4.99 Å². The SMILES string of the molecule is COc1ccc(N=c2oc3c(C)ncc(COC(C)=O)c3cc2C(=O)Nc2ccccc2)c(OC)c1. The first kappa shape index (κ1) is 24.5. The number of benzene rings is 2. The molecule has 9 heteroatoms. The molecule has 184 valence electrons. The minimum Gasteiger partial charge on any atom is -0.497 e. The van der Waals surface area contributed by atoms with Gasteiger partial charge in [-0.15, -0.1) is 0 Å². The van der Waals surface area contributed by atoms with Crippen LogP contribution >= 0.6 is 0 Å². The third kappa shape index (κ3) is 5.35. The lowest BCUT2D eigenvalue weighted by molar-refractivity contribution is -0.142. The summed E-state index contributed by atoms with van der Waals surface area (Å²) in [6.07, 6.45) is 1.60. The number of fused-ring (bicyclic) bond motifs is 1. The van der Waals surface area contributed by atoms with Crippen LogP contribution in [0.4, 0.5) is 11.4 Å². The van der Waals surface area contributed by atoms with Crippen molar-refractivity contribution < 1.29 is 28.2 Å². The number of ether oxygens (including phenoxy) is 3. The molecule has 0 bridgehead atoms. The smallest absolute Gasteiger partial charge is 0.302 e. The standard InChI is InChI=1S/C27H25N3O6/c1-16-25-21(18(14-28-16)15-35-17(2)31)13-22(26(32)29-19-8-6-5-7-9-19)27(36-25)30-23-11-10-20(33-3)12-24(23)34-4/h5-14H,15H2,1-4H3,(H,29,32). The van der Waals surface area contributed by atoms with E-state index in [2.05, 4.69) is 15.3 Å². The van der Waals surface area contributed by atoms with E-state index in [4.69, 9.17) is 18.6 Å². The average Bonchev–Trinajstić information content (AvgIpc) is 2.89. The number of carbonyl (C=O) groups is 2. The summed E-state index contributed by atoms with van der Waals surface area (Å²) in [7, 11) is 3.07. The molecular formula is C27H25N3O6. The van der Waals surface area contributed by atoms with Crippen LogP contribution < -0.4 is 20.3 Å². The van der Waals surface area contributed by atoms with Gasteiger partial charge in [0.25, 0.3) is 5.91 Å². The highest BCUT2D eigenvalue weighted by Crippen LogP contribution is 2.31. The summed E-state index contributed by atoms with van der Waals surface area (Å²) in [4.78, 5) is 33.8. The van der Waals surface area contributed by atoms with Crippen molar-refractivity contribution in [3.8, 4) is 11.5 Å². The Morgan fingerprint density at radius 1 is 1.06 bits per heavy atom. The van der Waals surface area contributed by atoms with Crippen LogP contribution in [-0.4, -0.2) is 31.1 Å². The molecule has 36 heavy (non-hydrogen) atoms. The maximum absolute atomic E-state index is 13.4. The molecule has 0 unspecified atom stereocenters. The highest BCUT2D eigenvalue weighted by molar-refractivity contribution is 6.05. The van der Waals surface area contributed by atoms with Gasteiger partial charge in [-0.3, -0.25) is 14.6 Å². The maximum atomic E-state index is 13.4. The molecule has 0 spiro atoms. The molecule has 0 saturated heterocycles. The monoisotopic (exact) mass is 487 g/mol. The van der Waals surface area contributed by atoms with Gasteiger partial charge in [-0.25, -0.2) is 4.99 Å². The van der Waals surface area contributed by atoms with E-state index in [0.717, 1.165) is 0 Å². The van der Waals surface area contributed by atoms with Crippen LogP contribution in [0.2, 0.25) is 0 Å². The molecule has 0 aliphatic carbocycles. The van der Waals surface area contributed by atoms with Crippen LogP contribution in [0.15, 0.2) is 70.2 Å². The molecule has 0 atom stereocenters. The van der Waals surface area contributed by atoms with Gasteiger partial charge in [0.15, 0.2) is 5.58 Å². The van der Waals surface area contributed by atoms with E-state index in [-0.39, 0.29) is 17.7 Å². The number of hydrogen-bond donors (Lipinski definition) is 1.